The minimum atomic E-state index is -4.00. The lowest BCUT2D eigenvalue weighted by molar-refractivity contribution is 0.0594. The van der Waals surface area contributed by atoms with Crippen LogP contribution in [0.4, 0.5) is 0 Å². The Morgan fingerprint density at radius 1 is 1.19 bits per heavy atom. The van der Waals surface area contributed by atoms with Crippen molar-refractivity contribution in [3.8, 4) is 0 Å². The minimum Gasteiger partial charge on any atom is -0.465 e. The monoisotopic (exact) mass is 452 g/mol. The Hall–Kier alpha value is -2.66. The molecule has 0 spiro atoms. The molecular formula is C20H28N4O6S. The van der Waals surface area contributed by atoms with E-state index in [-0.39, 0.29) is 54.1 Å². The van der Waals surface area contributed by atoms with E-state index >= 15 is 0 Å². The van der Waals surface area contributed by atoms with Crippen LogP contribution in [0.1, 0.15) is 51.9 Å². The molecule has 170 valence electrons. The van der Waals surface area contributed by atoms with Crippen molar-refractivity contribution in [1.82, 2.24) is 19.4 Å². The van der Waals surface area contributed by atoms with E-state index in [0.717, 1.165) is 12.1 Å². The van der Waals surface area contributed by atoms with Gasteiger partial charge in [0.1, 0.15) is 27.7 Å². The van der Waals surface area contributed by atoms with Crippen LogP contribution in [-0.4, -0.2) is 73.0 Å². The fraction of sp³-hybridized carbons (Fsp3) is 0.550. The average molecular weight is 453 g/mol. The van der Waals surface area contributed by atoms with Gasteiger partial charge in [-0.15, -0.1) is 0 Å². The zero-order valence-electron chi connectivity index (χ0n) is 18.4. The molecule has 0 atom stereocenters. The number of hydrogen-bond acceptors (Lipinski definition) is 7. The number of nitrogens with zero attached hydrogens (tertiary/aromatic N) is 3. The Morgan fingerprint density at radius 2 is 1.84 bits per heavy atom. The molecule has 11 heteroatoms. The lowest BCUT2D eigenvalue weighted by Crippen LogP contribution is -2.50. The Balaban J connectivity index is 1.74. The van der Waals surface area contributed by atoms with Gasteiger partial charge in [-0.3, -0.25) is 9.89 Å². The highest BCUT2D eigenvalue weighted by Crippen LogP contribution is 2.30. The Morgan fingerprint density at radius 3 is 2.42 bits per heavy atom. The van der Waals surface area contributed by atoms with Gasteiger partial charge in [0.25, 0.3) is 5.91 Å². The van der Waals surface area contributed by atoms with Crippen LogP contribution in [0.15, 0.2) is 15.4 Å². The van der Waals surface area contributed by atoms with Crippen LogP contribution >= 0.6 is 0 Å². The number of methoxy groups -OCH3 is 1. The zero-order valence-corrected chi connectivity index (χ0v) is 19.2. The molecule has 2 aromatic rings. The van der Waals surface area contributed by atoms with Gasteiger partial charge in [0.2, 0.25) is 10.0 Å². The molecule has 0 saturated carbocycles. The van der Waals surface area contributed by atoms with Crippen molar-refractivity contribution < 1.29 is 27.2 Å². The third-order valence-corrected chi connectivity index (χ3v) is 7.25. The summed E-state index contributed by atoms with van der Waals surface area (Å²) >= 11 is 0. The number of piperazine rings is 1. The van der Waals surface area contributed by atoms with E-state index in [2.05, 4.69) is 24.0 Å². The lowest BCUT2D eigenvalue weighted by Gasteiger charge is -2.33. The van der Waals surface area contributed by atoms with E-state index in [0.29, 0.717) is 11.6 Å². The van der Waals surface area contributed by atoms with Crippen LogP contribution in [-0.2, 0) is 21.2 Å². The predicted octanol–water partition coefficient (Wildman–Crippen LogP) is 1.75. The number of H-pyrrole nitrogens is 1. The molecule has 31 heavy (non-hydrogen) atoms. The summed E-state index contributed by atoms with van der Waals surface area (Å²) < 4.78 is 37.9. The molecule has 0 radical (unpaired) electrons. The first kappa shape index (κ1) is 23.0. The van der Waals surface area contributed by atoms with Crippen LogP contribution in [0.2, 0.25) is 0 Å². The molecule has 3 rings (SSSR count). The van der Waals surface area contributed by atoms with Gasteiger partial charge in [-0.05, 0) is 32.3 Å². The molecule has 1 fully saturated rings. The Kier molecular flexibility index (Phi) is 6.56. The third-order valence-electron chi connectivity index (χ3n) is 5.20. The number of sulfonamides is 1. The summed E-state index contributed by atoms with van der Waals surface area (Å²) in [5.74, 6) is -0.258. The number of hydrogen-bond donors (Lipinski definition) is 1. The number of aromatic nitrogens is 2. The first-order valence-electron chi connectivity index (χ1n) is 10.1. The average Bonchev–Trinajstić information content (AvgIpc) is 3.30. The second-order valence-electron chi connectivity index (χ2n) is 7.98. The maximum absolute atomic E-state index is 13.3. The van der Waals surface area contributed by atoms with E-state index in [4.69, 9.17) is 9.15 Å². The normalized spacial score (nSPS) is 15.5. The van der Waals surface area contributed by atoms with Gasteiger partial charge in [0.05, 0.1) is 7.11 Å². The molecule has 1 N–H and O–H groups in total. The first-order chi connectivity index (χ1) is 14.6. The first-order valence-corrected chi connectivity index (χ1v) is 11.5. The lowest BCUT2D eigenvalue weighted by atomic mass is 10.1. The highest BCUT2D eigenvalue weighted by molar-refractivity contribution is 7.89. The predicted molar refractivity (Wildman–Crippen MR) is 111 cm³/mol. The molecule has 0 aromatic carbocycles. The van der Waals surface area contributed by atoms with Crippen molar-refractivity contribution >= 4 is 21.9 Å². The number of nitrogens with one attached hydrogen (secondary N) is 1. The number of aromatic amines is 1. The van der Waals surface area contributed by atoms with Gasteiger partial charge in [0, 0.05) is 31.9 Å². The number of rotatable bonds is 6. The number of amides is 1. The van der Waals surface area contributed by atoms with Crippen molar-refractivity contribution in [1.29, 1.82) is 0 Å². The fourth-order valence-electron chi connectivity index (χ4n) is 3.75. The molecular weight excluding hydrogens is 424 g/mol. The van der Waals surface area contributed by atoms with Crippen molar-refractivity contribution in [3.05, 3.63) is 34.5 Å². The van der Waals surface area contributed by atoms with E-state index in [1.807, 2.05) is 0 Å². The summed E-state index contributed by atoms with van der Waals surface area (Å²) in [4.78, 5) is 26.3. The maximum Gasteiger partial charge on any atom is 0.342 e. The molecule has 2 aromatic heterocycles. The number of ether oxygens (including phenoxy) is 1. The van der Waals surface area contributed by atoms with E-state index in [1.54, 1.807) is 11.0 Å². The smallest absolute Gasteiger partial charge is 0.342 e. The number of aryl methyl sites for hydroxylation is 2. The molecule has 0 aliphatic carbocycles. The minimum absolute atomic E-state index is 0.0901. The highest BCUT2D eigenvalue weighted by Gasteiger charge is 2.38. The van der Waals surface area contributed by atoms with Crippen LogP contribution in [0, 0.1) is 19.8 Å². The van der Waals surface area contributed by atoms with Crippen molar-refractivity contribution in [2.45, 2.75) is 39.0 Å². The molecule has 0 bridgehead atoms. The summed E-state index contributed by atoms with van der Waals surface area (Å²) in [7, 11) is -2.81. The van der Waals surface area contributed by atoms with Gasteiger partial charge in [-0.25, -0.2) is 13.2 Å². The van der Waals surface area contributed by atoms with Crippen molar-refractivity contribution in [2.75, 3.05) is 33.3 Å². The Bertz CT molecular complexity index is 1080. The van der Waals surface area contributed by atoms with Gasteiger partial charge >= 0.3 is 5.97 Å². The molecule has 1 aliphatic heterocycles. The van der Waals surface area contributed by atoms with Crippen LogP contribution in [0.5, 0.6) is 0 Å². The number of furan rings is 1. The number of carbonyl (C=O) groups is 2. The number of carbonyl (C=O) groups excluding carboxylic acids is 2. The maximum atomic E-state index is 13.3. The van der Waals surface area contributed by atoms with Gasteiger partial charge in [-0.1, -0.05) is 13.8 Å². The highest BCUT2D eigenvalue weighted by atomic mass is 32.2. The van der Waals surface area contributed by atoms with Crippen molar-refractivity contribution in [2.24, 2.45) is 5.92 Å². The summed E-state index contributed by atoms with van der Waals surface area (Å²) in [5, 5.41) is 6.99. The molecule has 1 amide bonds. The van der Waals surface area contributed by atoms with Gasteiger partial charge < -0.3 is 14.1 Å². The third kappa shape index (κ3) is 4.52. The molecule has 3 heterocycles. The van der Waals surface area contributed by atoms with Crippen molar-refractivity contribution in [3.63, 3.8) is 0 Å². The summed E-state index contributed by atoms with van der Waals surface area (Å²) in [5.41, 5.74) is 1.12. The van der Waals surface area contributed by atoms with Crippen LogP contribution in [0.3, 0.4) is 0 Å². The molecule has 0 unspecified atom stereocenters. The van der Waals surface area contributed by atoms with Crippen LogP contribution < -0.4 is 0 Å². The van der Waals surface area contributed by atoms with Crippen LogP contribution in [0.25, 0.3) is 0 Å². The molecule has 10 nitrogen and oxygen atoms in total. The SMILES string of the molecule is COC(=O)c1c(C)oc(C)c1S(=O)(=O)N1CCN(C(=O)c2cc(CC(C)C)[nH]n2)CC1. The number of esters is 1. The zero-order chi connectivity index (χ0) is 22.9. The van der Waals surface area contributed by atoms with E-state index in [9.17, 15) is 18.0 Å². The summed E-state index contributed by atoms with van der Waals surface area (Å²) in [6.45, 7) is 7.81. The summed E-state index contributed by atoms with van der Waals surface area (Å²) in [6.07, 6.45) is 0.790. The van der Waals surface area contributed by atoms with Gasteiger partial charge in [-0.2, -0.15) is 9.40 Å². The Labute approximate surface area is 181 Å². The molecule has 1 aliphatic rings. The largest absolute Gasteiger partial charge is 0.465 e. The van der Waals surface area contributed by atoms with Gasteiger partial charge in [0.15, 0.2) is 0 Å². The van der Waals surface area contributed by atoms with E-state index < -0.39 is 16.0 Å². The summed E-state index contributed by atoms with van der Waals surface area (Å²) in [6, 6.07) is 1.74. The second kappa shape index (κ2) is 8.83. The quantitative estimate of drug-likeness (QED) is 0.662. The second-order valence-corrected chi connectivity index (χ2v) is 9.86. The standard InChI is InChI=1S/C20H28N4O6S/c1-12(2)10-15-11-16(22-21-15)19(25)23-6-8-24(9-7-23)31(27,28)18-14(4)30-13(3)17(18)20(26)29-5/h11-12H,6-10H2,1-5H3,(H,21,22). The molecule has 1 saturated heterocycles. The van der Waals surface area contributed by atoms with E-state index in [1.165, 1.54) is 25.3 Å². The fourth-order valence-corrected chi connectivity index (χ4v) is 5.54. The topological polar surface area (TPSA) is 126 Å².